The van der Waals surface area contributed by atoms with Gasteiger partial charge in [-0.3, -0.25) is 4.79 Å². The molecule has 17 heavy (non-hydrogen) atoms. The summed E-state index contributed by atoms with van der Waals surface area (Å²) in [5, 5.41) is 2.91. The average Bonchev–Trinajstić information content (AvgIpc) is 2.43. The summed E-state index contributed by atoms with van der Waals surface area (Å²) < 4.78 is 0. The first-order valence-electron chi connectivity index (χ1n) is 7.55. The van der Waals surface area contributed by atoms with Crippen LogP contribution in [0.2, 0.25) is 0 Å². The first-order chi connectivity index (χ1) is 8.27. The van der Waals surface area contributed by atoms with E-state index in [1.807, 2.05) is 34.6 Å². The summed E-state index contributed by atoms with van der Waals surface area (Å²) in [7, 11) is 0. The molecular weight excluding hydrogens is 210 g/mol. The third kappa shape index (κ3) is 8.23. The van der Waals surface area contributed by atoms with Crippen molar-refractivity contribution in [3.8, 4) is 0 Å². The predicted octanol–water partition coefficient (Wildman–Crippen LogP) is 4.39. The second-order valence-corrected chi connectivity index (χ2v) is 4.02. The Kier molecular flexibility index (Phi) is 15.0. The van der Waals surface area contributed by atoms with Gasteiger partial charge in [-0.05, 0) is 38.5 Å². The van der Waals surface area contributed by atoms with Crippen molar-refractivity contribution >= 4 is 5.91 Å². The number of rotatable bonds is 3. The molecule has 2 nitrogen and oxygen atoms in total. The van der Waals surface area contributed by atoms with E-state index in [-0.39, 0.29) is 5.91 Å². The van der Waals surface area contributed by atoms with Crippen LogP contribution in [0.15, 0.2) is 0 Å². The van der Waals surface area contributed by atoms with Crippen molar-refractivity contribution in [2.45, 2.75) is 73.6 Å². The van der Waals surface area contributed by atoms with E-state index < -0.39 is 0 Å². The van der Waals surface area contributed by atoms with E-state index in [1.54, 1.807) is 0 Å². The summed E-state index contributed by atoms with van der Waals surface area (Å²) in [6.45, 7) is 13.0. The topological polar surface area (TPSA) is 29.1 Å². The lowest BCUT2D eigenvalue weighted by atomic mass is 9.80. The van der Waals surface area contributed by atoms with E-state index in [1.165, 1.54) is 19.3 Å². The van der Waals surface area contributed by atoms with E-state index in [2.05, 4.69) is 12.2 Å². The Balaban J connectivity index is 0. The fourth-order valence-electron chi connectivity index (χ4n) is 2.15. The summed E-state index contributed by atoms with van der Waals surface area (Å²) >= 11 is 0. The first kappa shape index (κ1) is 18.8. The lowest BCUT2D eigenvalue weighted by molar-refractivity contribution is -0.126. The van der Waals surface area contributed by atoms with E-state index in [9.17, 15) is 4.79 Å². The number of hydrogen-bond donors (Lipinski definition) is 1. The fourth-order valence-corrected chi connectivity index (χ4v) is 2.15. The van der Waals surface area contributed by atoms with Gasteiger partial charge in [-0.2, -0.15) is 0 Å². The van der Waals surface area contributed by atoms with Crippen molar-refractivity contribution in [1.82, 2.24) is 5.32 Å². The van der Waals surface area contributed by atoms with Gasteiger partial charge in [-0.25, -0.2) is 0 Å². The summed E-state index contributed by atoms with van der Waals surface area (Å²) in [4.78, 5) is 11.5. The van der Waals surface area contributed by atoms with Gasteiger partial charge in [-0.15, -0.1) is 0 Å². The van der Waals surface area contributed by atoms with Crippen LogP contribution in [-0.4, -0.2) is 12.5 Å². The zero-order chi connectivity index (χ0) is 13.7. The molecule has 1 aliphatic rings. The molecule has 2 heteroatoms. The minimum Gasteiger partial charge on any atom is -0.356 e. The molecule has 1 rings (SSSR count). The van der Waals surface area contributed by atoms with Crippen molar-refractivity contribution in [1.29, 1.82) is 0 Å². The van der Waals surface area contributed by atoms with Crippen LogP contribution in [0.1, 0.15) is 73.6 Å². The Labute approximate surface area is 109 Å². The standard InChI is InChI=1S/C11H21NO.2C2H6/c1-3-9-5-7-10(8-6-9)11(13)12-4-2;2*1-2/h9-10H,3-8H2,1-2H3,(H,12,13);2*1-2H3. The van der Waals surface area contributed by atoms with Crippen LogP contribution >= 0.6 is 0 Å². The van der Waals surface area contributed by atoms with Crippen LogP contribution in [0.3, 0.4) is 0 Å². The Bertz CT molecular complexity index is 160. The van der Waals surface area contributed by atoms with Gasteiger partial charge >= 0.3 is 0 Å². The van der Waals surface area contributed by atoms with E-state index in [4.69, 9.17) is 0 Å². The quantitative estimate of drug-likeness (QED) is 0.782. The average molecular weight is 243 g/mol. The van der Waals surface area contributed by atoms with Gasteiger partial charge < -0.3 is 5.32 Å². The lowest BCUT2D eigenvalue weighted by Gasteiger charge is -2.26. The van der Waals surface area contributed by atoms with Crippen molar-refractivity contribution < 1.29 is 4.79 Å². The molecular formula is C15H33NO. The highest BCUT2D eigenvalue weighted by molar-refractivity contribution is 5.78. The molecule has 0 aliphatic heterocycles. The number of carbonyl (C=O) groups is 1. The van der Waals surface area contributed by atoms with Gasteiger partial charge in [0.1, 0.15) is 0 Å². The monoisotopic (exact) mass is 243 g/mol. The lowest BCUT2D eigenvalue weighted by Crippen LogP contribution is -2.32. The second kappa shape index (κ2) is 13.5. The fraction of sp³-hybridized carbons (Fsp3) is 0.933. The van der Waals surface area contributed by atoms with Gasteiger partial charge in [0.05, 0.1) is 0 Å². The molecule has 1 N–H and O–H groups in total. The van der Waals surface area contributed by atoms with Gasteiger partial charge in [0.25, 0.3) is 0 Å². The predicted molar refractivity (Wildman–Crippen MR) is 77.1 cm³/mol. The van der Waals surface area contributed by atoms with Crippen LogP contribution in [0, 0.1) is 11.8 Å². The molecule has 0 atom stereocenters. The van der Waals surface area contributed by atoms with Crippen LogP contribution in [-0.2, 0) is 4.79 Å². The summed E-state index contributed by atoms with van der Waals surface area (Å²) in [6.07, 6.45) is 5.98. The third-order valence-corrected chi connectivity index (χ3v) is 3.15. The Hall–Kier alpha value is -0.530. The molecule has 0 unspecified atom stereocenters. The zero-order valence-corrected chi connectivity index (χ0v) is 12.8. The smallest absolute Gasteiger partial charge is 0.223 e. The number of carbonyl (C=O) groups excluding carboxylic acids is 1. The Morgan fingerprint density at radius 1 is 1.00 bits per heavy atom. The highest BCUT2D eigenvalue weighted by Gasteiger charge is 2.24. The highest BCUT2D eigenvalue weighted by atomic mass is 16.1. The molecule has 0 aromatic rings. The molecule has 0 aromatic carbocycles. The van der Waals surface area contributed by atoms with Gasteiger partial charge in [0.2, 0.25) is 5.91 Å². The maximum Gasteiger partial charge on any atom is 0.223 e. The normalized spacial score (nSPS) is 22.5. The third-order valence-electron chi connectivity index (χ3n) is 3.15. The largest absolute Gasteiger partial charge is 0.356 e. The van der Waals surface area contributed by atoms with E-state index in [0.29, 0.717) is 5.92 Å². The first-order valence-corrected chi connectivity index (χ1v) is 7.55. The maximum absolute atomic E-state index is 11.5. The van der Waals surface area contributed by atoms with Crippen molar-refractivity contribution in [3.63, 3.8) is 0 Å². The molecule has 1 amide bonds. The van der Waals surface area contributed by atoms with Gasteiger partial charge in [-0.1, -0.05) is 41.0 Å². The Morgan fingerprint density at radius 2 is 1.47 bits per heavy atom. The van der Waals surface area contributed by atoms with Crippen LogP contribution in [0.25, 0.3) is 0 Å². The summed E-state index contributed by atoms with van der Waals surface area (Å²) in [6, 6.07) is 0. The minimum absolute atomic E-state index is 0.275. The number of hydrogen-bond acceptors (Lipinski definition) is 1. The van der Waals surface area contributed by atoms with E-state index in [0.717, 1.165) is 25.3 Å². The molecule has 0 heterocycles. The van der Waals surface area contributed by atoms with Crippen molar-refractivity contribution in [3.05, 3.63) is 0 Å². The molecule has 1 fully saturated rings. The van der Waals surface area contributed by atoms with Crippen molar-refractivity contribution in [2.24, 2.45) is 11.8 Å². The molecule has 1 aliphatic carbocycles. The number of nitrogens with one attached hydrogen (secondary N) is 1. The highest BCUT2D eigenvalue weighted by Crippen LogP contribution is 2.30. The molecule has 0 bridgehead atoms. The van der Waals surface area contributed by atoms with Crippen molar-refractivity contribution in [2.75, 3.05) is 6.54 Å². The summed E-state index contributed by atoms with van der Waals surface area (Å²) in [5.74, 6) is 1.46. The Morgan fingerprint density at radius 3 is 1.82 bits per heavy atom. The second-order valence-electron chi connectivity index (χ2n) is 4.02. The van der Waals surface area contributed by atoms with E-state index >= 15 is 0 Å². The zero-order valence-electron chi connectivity index (χ0n) is 12.8. The summed E-state index contributed by atoms with van der Waals surface area (Å²) in [5.41, 5.74) is 0. The molecule has 0 aromatic heterocycles. The van der Waals surface area contributed by atoms with Crippen LogP contribution < -0.4 is 5.32 Å². The molecule has 0 spiro atoms. The van der Waals surface area contributed by atoms with Crippen LogP contribution in [0.5, 0.6) is 0 Å². The molecule has 1 saturated carbocycles. The maximum atomic E-state index is 11.5. The SMILES string of the molecule is CC.CC.CCNC(=O)C1CCC(CC)CC1. The van der Waals surface area contributed by atoms with Crippen LogP contribution in [0.4, 0.5) is 0 Å². The molecule has 0 radical (unpaired) electrons. The number of amides is 1. The molecule has 0 saturated heterocycles. The minimum atomic E-state index is 0.275. The van der Waals surface area contributed by atoms with Gasteiger partial charge in [0, 0.05) is 12.5 Å². The molecule has 104 valence electrons. The van der Waals surface area contributed by atoms with Gasteiger partial charge in [0.15, 0.2) is 0 Å².